The van der Waals surface area contributed by atoms with Crippen LogP contribution < -0.4 is 15.8 Å². The summed E-state index contributed by atoms with van der Waals surface area (Å²) in [7, 11) is 1.41. The minimum Gasteiger partial charge on any atom is -0.494 e. The molecule has 0 spiro atoms. The van der Waals surface area contributed by atoms with Gasteiger partial charge in [-0.1, -0.05) is 11.2 Å². The lowest BCUT2D eigenvalue weighted by molar-refractivity contribution is 0.318. The SMILES string of the molecule is COc1ccc(NCc2cccnc2C(N)=NO)cc1F. The molecule has 2 aromatic rings. The van der Waals surface area contributed by atoms with Gasteiger partial charge in [-0.15, -0.1) is 0 Å². The van der Waals surface area contributed by atoms with Crippen molar-refractivity contribution in [1.82, 2.24) is 4.98 Å². The van der Waals surface area contributed by atoms with Crippen LogP contribution in [0.1, 0.15) is 11.3 Å². The molecule has 0 saturated carbocycles. The zero-order valence-corrected chi connectivity index (χ0v) is 11.4. The molecule has 0 saturated heterocycles. The number of hydrogen-bond donors (Lipinski definition) is 3. The van der Waals surface area contributed by atoms with Gasteiger partial charge in [-0.2, -0.15) is 0 Å². The number of halogens is 1. The molecule has 1 heterocycles. The van der Waals surface area contributed by atoms with Crippen molar-refractivity contribution in [3.63, 3.8) is 0 Å². The van der Waals surface area contributed by atoms with Gasteiger partial charge in [0.2, 0.25) is 0 Å². The molecule has 21 heavy (non-hydrogen) atoms. The first-order valence-electron chi connectivity index (χ1n) is 6.15. The van der Waals surface area contributed by atoms with E-state index in [1.54, 1.807) is 24.4 Å². The summed E-state index contributed by atoms with van der Waals surface area (Å²) in [5, 5.41) is 14.7. The lowest BCUT2D eigenvalue weighted by atomic mass is 10.1. The Balaban J connectivity index is 2.15. The standard InChI is InChI=1S/C14H15FN4O2/c1-21-12-5-4-10(7-11(12)15)18-8-9-3-2-6-17-13(9)14(16)19-20/h2-7,18,20H,8H2,1H3,(H2,16,19). The van der Waals surface area contributed by atoms with Crippen LogP contribution in [0, 0.1) is 5.82 Å². The number of pyridine rings is 1. The van der Waals surface area contributed by atoms with Gasteiger partial charge in [0, 0.05) is 30.1 Å². The normalized spacial score (nSPS) is 11.2. The molecule has 1 aromatic carbocycles. The second-order valence-corrected chi connectivity index (χ2v) is 4.20. The van der Waals surface area contributed by atoms with Crippen LogP contribution in [0.2, 0.25) is 0 Å². The van der Waals surface area contributed by atoms with Crippen molar-refractivity contribution in [1.29, 1.82) is 0 Å². The monoisotopic (exact) mass is 290 g/mol. The highest BCUT2D eigenvalue weighted by Crippen LogP contribution is 2.21. The number of anilines is 1. The van der Waals surface area contributed by atoms with Crippen molar-refractivity contribution in [3.8, 4) is 5.75 Å². The number of ether oxygens (including phenoxy) is 1. The summed E-state index contributed by atoms with van der Waals surface area (Å²) in [6, 6.07) is 8.08. The smallest absolute Gasteiger partial charge is 0.189 e. The zero-order chi connectivity index (χ0) is 15.2. The molecule has 1 aromatic heterocycles. The van der Waals surface area contributed by atoms with E-state index in [1.807, 2.05) is 0 Å². The van der Waals surface area contributed by atoms with Gasteiger partial charge in [0.1, 0.15) is 5.69 Å². The number of nitrogens with two attached hydrogens (primary N) is 1. The number of benzene rings is 1. The van der Waals surface area contributed by atoms with Crippen molar-refractivity contribution in [2.45, 2.75) is 6.54 Å². The third kappa shape index (κ3) is 3.38. The Kier molecular flexibility index (Phi) is 4.55. The predicted octanol–water partition coefficient (Wildman–Crippen LogP) is 1.94. The summed E-state index contributed by atoms with van der Waals surface area (Å²) >= 11 is 0. The summed E-state index contributed by atoms with van der Waals surface area (Å²) in [5.74, 6) is -0.349. The second-order valence-electron chi connectivity index (χ2n) is 4.20. The topological polar surface area (TPSA) is 92.8 Å². The molecule has 7 heteroatoms. The van der Waals surface area contributed by atoms with Gasteiger partial charge in [-0.05, 0) is 18.2 Å². The van der Waals surface area contributed by atoms with Crippen molar-refractivity contribution in [3.05, 3.63) is 53.6 Å². The Morgan fingerprint density at radius 3 is 2.95 bits per heavy atom. The van der Waals surface area contributed by atoms with E-state index >= 15 is 0 Å². The van der Waals surface area contributed by atoms with E-state index < -0.39 is 5.82 Å². The average molecular weight is 290 g/mol. The fourth-order valence-corrected chi connectivity index (χ4v) is 1.83. The van der Waals surface area contributed by atoms with E-state index in [-0.39, 0.29) is 11.6 Å². The van der Waals surface area contributed by atoms with Gasteiger partial charge >= 0.3 is 0 Å². The summed E-state index contributed by atoms with van der Waals surface area (Å²) in [6.45, 7) is 0.352. The minimum absolute atomic E-state index is 0.0756. The predicted molar refractivity (Wildman–Crippen MR) is 77.0 cm³/mol. The molecule has 0 aliphatic heterocycles. The number of rotatable bonds is 5. The molecule has 0 atom stereocenters. The summed E-state index contributed by atoms with van der Waals surface area (Å²) in [6.07, 6.45) is 1.55. The molecule has 4 N–H and O–H groups in total. The first-order valence-corrected chi connectivity index (χ1v) is 6.15. The number of nitrogens with one attached hydrogen (secondary N) is 1. The van der Waals surface area contributed by atoms with Gasteiger partial charge in [0.15, 0.2) is 17.4 Å². The molecule has 110 valence electrons. The van der Waals surface area contributed by atoms with E-state index in [4.69, 9.17) is 15.7 Å². The maximum absolute atomic E-state index is 13.6. The van der Waals surface area contributed by atoms with E-state index in [1.165, 1.54) is 19.2 Å². The van der Waals surface area contributed by atoms with Crippen LogP contribution in [0.5, 0.6) is 5.75 Å². The van der Waals surface area contributed by atoms with Crippen molar-refractivity contribution in [2.24, 2.45) is 10.9 Å². The summed E-state index contributed by atoms with van der Waals surface area (Å²) in [4.78, 5) is 4.06. The van der Waals surface area contributed by atoms with Crippen molar-refractivity contribution < 1.29 is 14.3 Å². The van der Waals surface area contributed by atoms with Crippen LogP contribution in [0.15, 0.2) is 41.7 Å². The minimum atomic E-state index is -0.453. The van der Waals surface area contributed by atoms with Crippen LogP contribution in [0.3, 0.4) is 0 Å². The Morgan fingerprint density at radius 1 is 1.48 bits per heavy atom. The van der Waals surface area contributed by atoms with Crippen LogP contribution in [-0.2, 0) is 6.54 Å². The molecule has 0 aliphatic rings. The van der Waals surface area contributed by atoms with E-state index in [2.05, 4.69) is 15.5 Å². The quantitative estimate of drug-likeness (QED) is 0.339. The summed E-state index contributed by atoms with van der Waals surface area (Å²) < 4.78 is 18.4. The fourth-order valence-electron chi connectivity index (χ4n) is 1.83. The zero-order valence-electron chi connectivity index (χ0n) is 11.4. The molecule has 0 fully saturated rings. The summed E-state index contributed by atoms with van der Waals surface area (Å²) in [5.41, 5.74) is 7.25. The maximum atomic E-state index is 13.6. The van der Waals surface area contributed by atoms with Crippen LogP contribution in [0.25, 0.3) is 0 Å². The van der Waals surface area contributed by atoms with Gasteiger partial charge in [-0.25, -0.2) is 4.39 Å². The first kappa shape index (κ1) is 14.6. The third-order valence-electron chi connectivity index (χ3n) is 2.88. The fraction of sp³-hybridized carbons (Fsp3) is 0.143. The molecule has 0 aliphatic carbocycles. The number of nitrogens with zero attached hydrogens (tertiary/aromatic N) is 2. The Bertz CT molecular complexity index is 661. The van der Waals surface area contributed by atoms with E-state index in [0.717, 1.165) is 5.56 Å². The molecule has 6 nitrogen and oxygen atoms in total. The lowest BCUT2D eigenvalue weighted by Crippen LogP contribution is -2.18. The van der Waals surface area contributed by atoms with Gasteiger partial charge in [0.25, 0.3) is 0 Å². The highest BCUT2D eigenvalue weighted by molar-refractivity contribution is 5.96. The first-order chi connectivity index (χ1) is 10.2. The molecule has 0 radical (unpaired) electrons. The van der Waals surface area contributed by atoms with Crippen LogP contribution >= 0.6 is 0 Å². The molecule has 0 unspecified atom stereocenters. The number of aromatic nitrogens is 1. The van der Waals surface area contributed by atoms with Crippen LogP contribution in [-0.4, -0.2) is 23.1 Å². The van der Waals surface area contributed by atoms with Gasteiger partial charge in [0.05, 0.1) is 7.11 Å². The number of methoxy groups -OCH3 is 1. The molecule has 0 amide bonds. The largest absolute Gasteiger partial charge is 0.494 e. The Labute approximate surface area is 121 Å². The number of amidine groups is 1. The van der Waals surface area contributed by atoms with E-state index in [9.17, 15) is 4.39 Å². The third-order valence-corrected chi connectivity index (χ3v) is 2.88. The Morgan fingerprint density at radius 2 is 2.29 bits per heavy atom. The number of oxime groups is 1. The highest BCUT2D eigenvalue weighted by Gasteiger charge is 2.09. The van der Waals surface area contributed by atoms with E-state index in [0.29, 0.717) is 17.9 Å². The van der Waals surface area contributed by atoms with Crippen LogP contribution in [0.4, 0.5) is 10.1 Å². The number of hydrogen-bond acceptors (Lipinski definition) is 5. The van der Waals surface area contributed by atoms with Gasteiger partial charge in [-0.3, -0.25) is 4.98 Å². The molecule has 0 bridgehead atoms. The highest BCUT2D eigenvalue weighted by atomic mass is 19.1. The molecular formula is C14H15FN4O2. The van der Waals surface area contributed by atoms with Crippen molar-refractivity contribution >= 4 is 11.5 Å². The second kappa shape index (κ2) is 6.56. The average Bonchev–Trinajstić information content (AvgIpc) is 2.52. The molecular weight excluding hydrogens is 275 g/mol. The molecule has 2 rings (SSSR count). The Hall–Kier alpha value is -2.83. The van der Waals surface area contributed by atoms with Crippen molar-refractivity contribution in [2.75, 3.05) is 12.4 Å². The lowest BCUT2D eigenvalue weighted by Gasteiger charge is -2.10. The maximum Gasteiger partial charge on any atom is 0.189 e. The van der Waals surface area contributed by atoms with Gasteiger partial charge < -0.3 is 21.0 Å².